The minimum Gasteiger partial charge on any atom is -0.428 e. The van der Waals surface area contributed by atoms with Crippen LogP contribution in [0.4, 0.5) is 4.79 Å². The van der Waals surface area contributed by atoms with E-state index in [1.54, 1.807) is 6.92 Å². The molecule has 0 aliphatic rings. The zero-order valence-electron chi connectivity index (χ0n) is 5.49. The van der Waals surface area contributed by atoms with Crippen LogP contribution in [0.15, 0.2) is 12.2 Å². The smallest absolute Gasteiger partial charge is 0.428 e. The number of ether oxygens (including phenoxy) is 1. The lowest BCUT2D eigenvalue weighted by atomic mass is 10.4. The van der Waals surface area contributed by atoms with Gasteiger partial charge in [0.25, 0.3) is 0 Å². The summed E-state index contributed by atoms with van der Waals surface area (Å²) in [5.74, 6) is 0. The predicted molar refractivity (Wildman–Crippen MR) is 31.0 cm³/mol. The number of carbonyl (C=O) groups is 1. The van der Waals surface area contributed by atoms with E-state index in [9.17, 15) is 4.79 Å². The second-order valence-corrected chi connectivity index (χ2v) is 1.65. The van der Waals surface area contributed by atoms with Gasteiger partial charge >= 0.3 is 6.16 Å². The molecule has 0 aliphatic heterocycles. The van der Waals surface area contributed by atoms with Crippen LogP contribution in [0.5, 0.6) is 0 Å². The molecule has 1 N–H and O–H groups in total. The zero-order valence-corrected chi connectivity index (χ0v) is 5.49. The van der Waals surface area contributed by atoms with E-state index in [-0.39, 0.29) is 6.61 Å². The molecule has 0 bridgehead atoms. The molecule has 5 heteroatoms. The van der Waals surface area contributed by atoms with Crippen molar-refractivity contribution < 1.29 is 24.7 Å². The molecule has 0 saturated carbocycles. The topological polar surface area (TPSA) is 65.0 Å². The van der Waals surface area contributed by atoms with Gasteiger partial charge in [-0.25, -0.2) is 14.9 Å². The first-order valence-electron chi connectivity index (χ1n) is 2.46. The molecule has 0 unspecified atom stereocenters. The third-order valence-electron chi connectivity index (χ3n) is 0.542. The maximum atomic E-state index is 10.2. The normalized spacial score (nSPS) is 8.60. The van der Waals surface area contributed by atoms with Crippen LogP contribution in [0.1, 0.15) is 6.92 Å². The van der Waals surface area contributed by atoms with Crippen molar-refractivity contribution in [1.29, 1.82) is 0 Å². The molecule has 0 rings (SSSR count). The second kappa shape index (κ2) is 4.78. The molecular weight excluding hydrogens is 140 g/mol. The molecule has 58 valence electrons. The summed E-state index contributed by atoms with van der Waals surface area (Å²) in [5, 5.41) is 10.6. The Bertz CT molecular complexity index is 130. The Labute approximate surface area is 57.7 Å². The minimum absolute atomic E-state index is 0.0438. The fourth-order valence-corrected chi connectivity index (χ4v) is 0.237. The number of carbonyl (C=O) groups excluding carboxylic acids is 1. The summed E-state index contributed by atoms with van der Waals surface area (Å²) >= 11 is 0. The molecule has 0 radical (unpaired) electrons. The highest BCUT2D eigenvalue weighted by molar-refractivity contribution is 5.59. The van der Waals surface area contributed by atoms with Crippen molar-refractivity contribution in [2.45, 2.75) is 6.92 Å². The fraction of sp³-hybridized carbons (Fsp3) is 0.400. The van der Waals surface area contributed by atoms with Crippen LogP contribution >= 0.6 is 0 Å². The third kappa shape index (κ3) is 5.07. The Hall–Kier alpha value is -1.07. The van der Waals surface area contributed by atoms with Gasteiger partial charge in [0.2, 0.25) is 0 Å². The Kier molecular flexibility index (Phi) is 4.26. The Balaban J connectivity index is 3.30. The Morgan fingerprint density at radius 3 is 2.70 bits per heavy atom. The van der Waals surface area contributed by atoms with E-state index >= 15 is 0 Å². The summed E-state index contributed by atoms with van der Waals surface area (Å²) in [6, 6.07) is 0. The highest BCUT2D eigenvalue weighted by Gasteiger charge is 2.02. The Morgan fingerprint density at radius 1 is 1.70 bits per heavy atom. The lowest BCUT2D eigenvalue weighted by molar-refractivity contribution is -0.461. The summed E-state index contributed by atoms with van der Waals surface area (Å²) in [6.45, 7) is 5.17. The molecule has 0 heterocycles. The first-order chi connectivity index (χ1) is 4.66. The van der Waals surface area contributed by atoms with Gasteiger partial charge in [0.15, 0.2) is 0 Å². The van der Waals surface area contributed by atoms with Crippen molar-refractivity contribution in [1.82, 2.24) is 0 Å². The molecule has 0 aliphatic carbocycles. The molecular formula is C5H8O5. The molecule has 10 heavy (non-hydrogen) atoms. The van der Waals surface area contributed by atoms with E-state index in [0.29, 0.717) is 5.57 Å². The van der Waals surface area contributed by atoms with Crippen molar-refractivity contribution >= 4 is 6.16 Å². The van der Waals surface area contributed by atoms with E-state index in [0.717, 1.165) is 0 Å². The molecule has 0 atom stereocenters. The standard InChI is InChI=1S/C5H8O5/c1-4(2)3-8-5(6)9-10-7/h7H,1,3H2,2H3. The van der Waals surface area contributed by atoms with Crippen molar-refractivity contribution in [3.63, 3.8) is 0 Å². The highest BCUT2D eigenvalue weighted by atomic mass is 17.5. The average Bonchev–Trinajstić information content (AvgIpc) is 1.85. The highest BCUT2D eigenvalue weighted by Crippen LogP contribution is 1.91. The van der Waals surface area contributed by atoms with Crippen molar-refractivity contribution in [3.8, 4) is 0 Å². The van der Waals surface area contributed by atoms with Crippen LogP contribution < -0.4 is 0 Å². The Morgan fingerprint density at radius 2 is 2.30 bits per heavy atom. The van der Waals surface area contributed by atoms with Gasteiger partial charge < -0.3 is 4.74 Å². The second-order valence-electron chi connectivity index (χ2n) is 1.65. The van der Waals surface area contributed by atoms with Gasteiger partial charge in [0.1, 0.15) is 6.61 Å². The van der Waals surface area contributed by atoms with Crippen molar-refractivity contribution in [2.75, 3.05) is 6.61 Å². The van der Waals surface area contributed by atoms with Crippen LogP contribution in [-0.2, 0) is 14.7 Å². The van der Waals surface area contributed by atoms with Gasteiger partial charge in [-0.1, -0.05) is 6.58 Å². The third-order valence-corrected chi connectivity index (χ3v) is 0.542. The summed E-state index contributed by atoms with van der Waals surface area (Å²) in [7, 11) is 0. The van der Waals surface area contributed by atoms with E-state index in [1.807, 2.05) is 0 Å². The monoisotopic (exact) mass is 148 g/mol. The molecule has 0 spiro atoms. The number of hydrogen-bond acceptors (Lipinski definition) is 5. The van der Waals surface area contributed by atoms with Gasteiger partial charge in [-0.15, -0.1) is 0 Å². The van der Waals surface area contributed by atoms with Gasteiger partial charge in [0.05, 0.1) is 0 Å². The molecule has 0 aromatic carbocycles. The maximum absolute atomic E-state index is 10.2. The molecule has 0 fully saturated rings. The minimum atomic E-state index is -1.11. The van der Waals surface area contributed by atoms with Gasteiger partial charge in [-0.05, 0) is 17.5 Å². The summed E-state index contributed by atoms with van der Waals surface area (Å²) in [6.07, 6.45) is -1.11. The van der Waals surface area contributed by atoms with E-state index in [4.69, 9.17) is 5.26 Å². The van der Waals surface area contributed by atoms with Crippen LogP contribution in [0.25, 0.3) is 0 Å². The largest absolute Gasteiger partial charge is 0.542 e. The van der Waals surface area contributed by atoms with E-state index in [2.05, 4.69) is 21.2 Å². The van der Waals surface area contributed by atoms with Crippen molar-refractivity contribution in [3.05, 3.63) is 12.2 Å². The number of hydrogen-bond donors (Lipinski definition) is 1. The molecule has 0 aromatic heterocycles. The summed E-state index contributed by atoms with van der Waals surface area (Å²) in [5.41, 5.74) is 0.662. The SMILES string of the molecule is C=C(C)COC(=O)OOO. The van der Waals surface area contributed by atoms with Crippen LogP contribution in [0, 0.1) is 0 Å². The van der Waals surface area contributed by atoms with E-state index < -0.39 is 6.16 Å². The first kappa shape index (κ1) is 8.93. The number of rotatable bonds is 3. The zero-order chi connectivity index (χ0) is 7.98. The van der Waals surface area contributed by atoms with E-state index in [1.165, 1.54) is 0 Å². The first-order valence-corrected chi connectivity index (χ1v) is 2.46. The molecule has 0 saturated heterocycles. The van der Waals surface area contributed by atoms with Gasteiger partial charge in [0, 0.05) is 0 Å². The quantitative estimate of drug-likeness (QED) is 0.281. The van der Waals surface area contributed by atoms with Crippen molar-refractivity contribution in [2.24, 2.45) is 0 Å². The van der Waals surface area contributed by atoms with Gasteiger partial charge in [-0.2, -0.15) is 0 Å². The maximum Gasteiger partial charge on any atom is 0.542 e. The molecule has 0 aromatic rings. The summed E-state index contributed by atoms with van der Waals surface area (Å²) < 4.78 is 4.30. The molecule has 0 amide bonds. The lowest BCUT2D eigenvalue weighted by Gasteiger charge is -1.99. The van der Waals surface area contributed by atoms with Crippen LogP contribution in [-0.4, -0.2) is 18.0 Å². The van der Waals surface area contributed by atoms with Crippen LogP contribution in [0.3, 0.4) is 0 Å². The average molecular weight is 148 g/mol. The summed E-state index contributed by atoms with van der Waals surface area (Å²) in [4.78, 5) is 13.7. The van der Waals surface area contributed by atoms with Gasteiger partial charge in [-0.3, -0.25) is 0 Å². The lowest BCUT2D eigenvalue weighted by Crippen LogP contribution is -2.07. The fourth-order valence-electron chi connectivity index (χ4n) is 0.237. The van der Waals surface area contributed by atoms with Crippen LogP contribution in [0.2, 0.25) is 0 Å². The molecule has 5 nitrogen and oxygen atoms in total. The predicted octanol–water partition coefficient (Wildman–Crippen LogP) is 1.12.